The van der Waals surface area contributed by atoms with Crippen molar-refractivity contribution in [2.45, 2.75) is 57.3 Å². The molecule has 0 spiro atoms. The number of nitrogens with zero attached hydrogens (tertiary/aromatic N) is 1. The SMILES string of the molecule is CCC(O)CC(N)C(CC(C)[NH3+])N=O. The average molecular weight is 204 g/mol. The van der Waals surface area contributed by atoms with Crippen molar-refractivity contribution in [3.63, 3.8) is 0 Å². The molecule has 0 saturated carbocycles. The minimum Gasteiger partial charge on any atom is -0.393 e. The first kappa shape index (κ1) is 13.5. The Morgan fingerprint density at radius 1 is 1.50 bits per heavy atom. The lowest BCUT2D eigenvalue weighted by atomic mass is 9.97. The first-order valence-corrected chi connectivity index (χ1v) is 5.10. The summed E-state index contributed by atoms with van der Waals surface area (Å²) in [4.78, 5) is 10.5. The summed E-state index contributed by atoms with van der Waals surface area (Å²) in [6.07, 6.45) is 1.23. The van der Waals surface area contributed by atoms with Crippen LogP contribution in [-0.4, -0.2) is 29.3 Å². The van der Waals surface area contributed by atoms with E-state index in [1.54, 1.807) is 0 Å². The molecule has 0 fully saturated rings. The maximum absolute atomic E-state index is 10.5. The van der Waals surface area contributed by atoms with Gasteiger partial charge < -0.3 is 16.6 Å². The fraction of sp³-hybridized carbons (Fsp3) is 1.00. The molecule has 0 amide bonds. The highest BCUT2D eigenvalue weighted by Gasteiger charge is 2.23. The van der Waals surface area contributed by atoms with Crippen LogP contribution in [-0.2, 0) is 0 Å². The van der Waals surface area contributed by atoms with Gasteiger partial charge >= 0.3 is 0 Å². The molecule has 0 aromatic carbocycles. The highest BCUT2D eigenvalue weighted by atomic mass is 16.3. The van der Waals surface area contributed by atoms with Gasteiger partial charge in [-0.15, -0.1) is 0 Å². The number of aliphatic hydroxyl groups excluding tert-OH is 1. The van der Waals surface area contributed by atoms with Crippen LogP contribution < -0.4 is 11.5 Å². The normalized spacial score (nSPS) is 19.8. The van der Waals surface area contributed by atoms with Crippen molar-refractivity contribution >= 4 is 0 Å². The van der Waals surface area contributed by atoms with E-state index in [2.05, 4.69) is 10.9 Å². The van der Waals surface area contributed by atoms with E-state index in [0.29, 0.717) is 19.3 Å². The van der Waals surface area contributed by atoms with Crippen LogP contribution in [0.4, 0.5) is 0 Å². The molecule has 4 unspecified atom stereocenters. The smallest absolute Gasteiger partial charge is 0.113 e. The molecule has 6 N–H and O–H groups in total. The summed E-state index contributed by atoms with van der Waals surface area (Å²) in [6.45, 7) is 3.80. The van der Waals surface area contributed by atoms with E-state index < -0.39 is 12.1 Å². The van der Waals surface area contributed by atoms with Crippen LogP contribution >= 0.6 is 0 Å². The molecule has 0 heterocycles. The lowest BCUT2D eigenvalue weighted by Crippen LogP contribution is -2.61. The zero-order chi connectivity index (χ0) is 11.1. The predicted octanol–water partition coefficient (Wildman–Crippen LogP) is -0.370. The van der Waals surface area contributed by atoms with Crippen molar-refractivity contribution in [2.24, 2.45) is 10.9 Å². The number of nitrogens with two attached hydrogens (primary N) is 1. The third-order valence-electron chi connectivity index (χ3n) is 2.29. The number of hydrogen-bond donors (Lipinski definition) is 3. The lowest BCUT2D eigenvalue weighted by Gasteiger charge is -2.20. The Balaban J connectivity index is 4.03. The average Bonchev–Trinajstić information content (AvgIpc) is 2.13. The van der Waals surface area contributed by atoms with E-state index in [1.807, 2.05) is 13.8 Å². The van der Waals surface area contributed by atoms with Gasteiger partial charge in [0.15, 0.2) is 0 Å². The quantitative estimate of drug-likeness (QED) is 0.493. The molecule has 0 rings (SSSR count). The summed E-state index contributed by atoms with van der Waals surface area (Å²) < 4.78 is 0. The van der Waals surface area contributed by atoms with Crippen molar-refractivity contribution in [3.05, 3.63) is 4.91 Å². The van der Waals surface area contributed by atoms with Crippen LogP contribution in [0.2, 0.25) is 0 Å². The summed E-state index contributed by atoms with van der Waals surface area (Å²) in [5.41, 5.74) is 9.56. The molecule has 0 radical (unpaired) electrons. The molecule has 0 aliphatic carbocycles. The molecule has 0 bridgehead atoms. The number of nitroso groups, excluding NO2 is 1. The summed E-state index contributed by atoms with van der Waals surface area (Å²) in [5.74, 6) is 0. The molecule has 14 heavy (non-hydrogen) atoms. The highest BCUT2D eigenvalue weighted by Crippen LogP contribution is 2.10. The molecule has 0 aromatic heterocycles. The molecular weight excluding hydrogens is 182 g/mol. The van der Waals surface area contributed by atoms with Gasteiger partial charge in [-0.25, -0.2) is 0 Å². The summed E-state index contributed by atoms with van der Waals surface area (Å²) in [6, 6.07) is -0.627. The monoisotopic (exact) mass is 204 g/mol. The van der Waals surface area contributed by atoms with Crippen molar-refractivity contribution < 1.29 is 10.8 Å². The van der Waals surface area contributed by atoms with Gasteiger partial charge in [0.25, 0.3) is 0 Å². The van der Waals surface area contributed by atoms with Crippen molar-refractivity contribution in [1.29, 1.82) is 0 Å². The molecule has 0 saturated heterocycles. The Bertz CT molecular complexity index is 164. The molecule has 84 valence electrons. The predicted molar refractivity (Wildman–Crippen MR) is 55.4 cm³/mol. The number of aliphatic hydroxyl groups is 1. The topological polar surface area (TPSA) is 103 Å². The van der Waals surface area contributed by atoms with Gasteiger partial charge in [-0.1, -0.05) is 12.1 Å². The molecule has 0 aliphatic heterocycles. The Kier molecular flexibility index (Phi) is 6.61. The fourth-order valence-corrected chi connectivity index (χ4v) is 1.35. The van der Waals surface area contributed by atoms with Crippen molar-refractivity contribution in [2.75, 3.05) is 0 Å². The maximum atomic E-state index is 10.5. The zero-order valence-corrected chi connectivity index (χ0v) is 9.02. The van der Waals surface area contributed by atoms with E-state index in [1.165, 1.54) is 0 Å². The van der Waals surface area contributed by atoms with Crippen molar-refractivity contribution in [1.82, 2.24) is 0 Å². The Morgan fingerprint density at radius 3 is 2.43 bits per heavy atom. The molecule has 4 atom stereocenters. The van der Waals surface area contributed by atoms with Crippen LogP contribution in [0.15, 0.2) is 5.18 Å². The second-order valence-electron chi connectivity index (χ2n) is 3.98. The number of hydrogen-bond acceptors (Lipinski definition) is 4. The molecule has 5 nitrogen and oxygen atoms in total. The standard InChI is InChI=1S/C9H21N3O2/c1-3-7(13)5-8(11)9(12-14)4-6(2)10/h6-9,13H,3-5,10-11H2,1-2H3/p+1. The summed E-state index contributed by atoms with van der Waals surface area (Å²) in [5, 5.41) is 12.4. The number of rotatable bonds is 7. The van der Waals surface area contributed by atoms with Crippen LogP contribution in [0.5, 0.6) is 0 Å². The Morgan fingerprint density at radius 2 is 2.07 bits per heavy atom. The largest absolute Gasteiger partial charge is 0.393 e. The second-order valence-corrected chi connectivity index (χ2v) is 3.98. The van der Waals surface area contributed by atoms with Gasteiger partial charge in [-0.3, -0.25) is 0 Å². The van der Waals surface area contributed by atoms with Crippen molar-refractivity contribution in [3.8, 4) is 0 Å². The molecule has 5 heteroatoms. The first-order valence-electron chi connectivity index (χ1n) is 5.10. The van der Waals surface area contributed by atoms with Gasteiger partial charge in [0, 0.05) is 12.5 Å². The minimum absolute atomic E-state index is 0.155. The summed E-state index contributed by atoms with van der Waals surface area (Å²) >= 11 is 0. The van der Waals surface area contributed by atoms with E-state index in [9.17, 15) is 10.0 Å². The van der Waals surface area contributed by atoms with Gasteiger partial charge in [0.05, 0.1) is 12.1 Å². The van der Waals surface area contributed by atoms with Crippen LogP contribution in [0.3, 0.4) is 0 Å². The molecule has 0 aromatic rings. The van der Waals surface area contributed by atoms with Gasteiger partial charge in [0.1, 0.15) is 6.04 Å². The third-order valence-corrected chi connectivity index (χ3v) is 2.29. The first-order chi connectivity index (χ1) is 6.51. The van der Waals surface area contributed by atoms with Crippen LogP contribution in [0, 0.1) is 4.91 Å². The van der Waals surface area contributed by atoms with E-state index in [0.717, 1.165) is 0 Å². The molecular formula is C9H22N3O2+. The van der Waals surface area contributed by atoms with Gasteiger partial charge in [0.2, 0.25) is 0 Å². The highest BCUT2D eigenvalue weighted by molar-refractivity contribution is 4.82. The van der Waals surface area contributed by atoms with Crippen LogP contribution in [0.1, 0.15) is 33.1 Å². The fourth-order valence-electron chi connectivity index (χ4n) is 1.35. The second kappa shape index (κ2) is 6.86. The lowest BCUT2D eigenvalue weighted by molar-refractivity contribution is -0.416. The van der Waals surface area contributed by atoms with Gasteiger partial charge in [-0.05, 0) is 19.8 Å². The van der Waals surface area contributed by atoms with E-state index >= 15 is 0 Å². The zero-order valence-electron chi connectivity index (χ0n) is 9.02. The number of quaternary nitrogens is 1. The van der Waals surface area contributed by atoms with E-state index in [-0.39, 0.29) is 12.1 Å². The summed E-state index contributed by atoms with van der Waals surface area (Å²) in [7, 11) is 0. The molecule has 0 aliphatic rings. The third kappa shape index (κ3) is 5.26. The van der Waals surface area contributed by atoms with Gasteiger partial charge in [-0.2, -0.15) is 4.91 Å². The maximum Gasteiger partial charge on any atom is 0.113 e. The Labute approximate surface area is 84.8 Å². The minimum atomic E-state index is -0.436. The van der Waals surface area contributed by atoms with Crippen LogP contribution in [0.25, 0.3) is 0 Å². The van der Waals surface area contributed by atoms with E-state index in [4.69, 9.17) is 5.73 Å². The Hall–Kier alpha value is -0.520.